The first-order chi connectivity index (χ1) is 13.0. The number of aromatic nitrogens is 2. The van der Waals surface area contributed by atoms with E-state index in [0.717, 1.165) is 18.8 Å². The number of imidazole rings is 1. The molecule has 0 bridgehead atoms. The number of aryl methyl sites for hydroxylation is 2. The lowest BCUT2D eigenvalue weighted by molar-refractivity contribution is -0.672. The molecule has 3 rings (SSSR count). The van der Waals surface area contributed by atoms with Crippen LogP contribution >= 0.6 is 0 Å². The number of anilines is 2. The molecule has 0 N–H and O–H groups in total. The number of hydrazone groups is 1. The second-order valence-electron chi connectivity index (χ2n) is 6.75. The third kappa shape index (κ3) is 4.13. The first-order valence-corrected chi connectivity index (χ1v) is 9.37. The number of esters is 1. The highest BCUT2D eigenvalue weighted by Crippen LogP contribution is 2.23. The Bertz CT molecular complexity index is 800. The minimum atomic E-state index is -0.435. The summed E-state index contributed by atoms with van der Waals surface area (Å²) in [7, 11) is 5.61. The van der Waals surface area contributed by atoms with E-state index in [1.165, 1.54) is 18.5 Å². The van der Waals surface area contributed by atoms with E-state index in [1.807, 2.05) is 54.8 Å². The molecule has 0 atom stereocenters. The van der Waals surface area contributed by atoms with Gasteiger partial charge in [0.15, 0.2) is 0 Å². The van der Waals surface area contributed by atoms with E-state index in [1.54, 1.807) is 11.9 Å². The van der Waals surface area contributed by atoms with Crippen molar-refractivity contribution < 1.29 is 14.1 Å². The number of carbonyl (C=O) groups excluding carboxylic acids is 1. The van der Waals surface area contributed by atoms with Gasteiger partial charge >= 0.3 is 11.8 Å². The fourth-order valence-electron chi connectivity index (χ4n) is 3.36. The third-order valence-electron chi connectivity index (χ3n) is 4.81. The summed E-state index contributed by atoms with van der Waals surface area (Å²) in [6.45, 7) is 4.33. The second-order valence-corrected chi connectivity index (χ2v) is 6.75. The van der Waals surface area contributed by atoms with Crippen molar-refractivity contribution in [2.75, 3.05) is 36.7 Å². The molecule has 1 aromatic carbocycles. The predicted molar refractivity (Wildman–Crippen MR) is 106 cm³/mol. The summed E-state index contributed by atoms with van der Waals surface area (Å²) in [6, 6.07) is 8.29. The molecule has 1 fully saturated rings. The maximum absolute atomic E-state index is 12.5. The van der Waals surface area contributed by atoms with Gasteiger partial charge in [-0.15, -0.1) is 0 Å². The van der Waals surface area contributed by atoms with Crippen LogP contribution in [0.3, 0.4) is 0 Å². The number of hydrogen-bond acceptors (Lipinski definition) is 5. The molecular weight excluding hydrogens is 342 g/mol. The second kappa shape index (κ2) is 8.24. The van der Waals surface area contributed by atoms with E-state index >= 15 is 0 Å². The number of carbonyl (C=O) groups is 1. The van der Waals surface area contributed by atoms with E-state index in [2.05, 4.69) is 22.1 Å². The zero-order chi connectivity index (χ0) is 19.4. The van der Waals surface area contributed by atoms with Crippen LogP contribution in [0.25, 0.3) is 0 Å². The molecule has 0 saturated carbocycles. The van der Waals surface area contributed by atoms with Gasteiger partial charge in [-0.3, -0.25) is 5.01 Å². The highest BCUT2D eigenvalue weighted by molar-refractivity contribution is 6.42. The molecule has 0 spiro atoms. The van der Waals surface area contributed by atoms with Gasteiger partial charge < -0.3 is 9.64 Å². The summed E-state index contributed by atoms with van der Waals surface area (Å²) in [5, 5.41) is 6.29. The summed E-state index contributed by atoms with van der Waals surface area (Å²) in [6.07, 6.45) is 6.27. The number of rotatable bonds is 6. The van der Waals surface area contributed by atoms with Gasteiger partial charge in [0.2, 0.25) is 0 Å². The fraction of sp³-hybridized carbons (Fsp3) is 0.450. The Balaban J connectivity index is 1.88. The van der Waals surface area contributed by atoms with E-state index in [9.17, 15) is 4.79 Å². The number of benzene rings is 1. The van der Waals surface area contributed by atoms with Crippen LogP contribution in [-0.4, -0.2) is 43.0 Å². The molecule has 144 valence electrons. The van der Waals surface area contributed by atoms with Crippen molar-refractivity contribution in [2.24, 2.45) is 19.2 Å². The Morgan fingerprint density at radius 2 is 1.93 bits per heavy atom. The van der Waals surface area contributed by atoms with Gasteiger partial charge in [-0.2, -0.15) is 5.10 Å². The molecule has 0 aliphatic carbocycles. The van der Waals surface area contributed by atoms with E-state index in [4.69, 9.17) is 4.74 Å². The first kappa shape index (κ1) is 18.9. The Hall–Kier alpha value is -2.83. The zero-order valence-corrected chi connectivity index (χ0v) is 16.6. The fourth-order valence-corrected chi connectivity index (χ4v) is 3.36. The molecule has 27 heavy (non-hydrogen) atoms. The van der Waals surface area contributed by atoms with Crippen LogP contribution in [0, 0.1) is 0 Å². The van der Waals surface area contributed by atoms with Crippen LogP contribution in [-0.2, 0) is 23.6 Å². The van der Waals surface area contributed by atoms with Crippen LogP contribution in [0.5, 0.6) is 0 Å². The van der Waals surface area contributed by atoms with Gasteiger partial charge in [0, 0.05) is 25.8 Å². The molecule has 1 aliphatic heterocycles. The molecular formula is C20H28N5O2+. The molecule has 1 aliphatic rings. The standard InChI is InChI=1S/C20H28N5O2/c1-5-27-20(26)18(19-22(2)14-15-23(19)3)21-24(4)16-8-10-17(11-9-16)25-12-6-7-13-25/h8-11,14-15H,5-7,12-13H2,1-4H3/q+1. The molecule has 0 unspecified atom stereocenters. The lowest BCUT2D eigenvalue weighted by Gasteiger charge is -2.19. The molecule has 1 saturated heterocycles. The quantitative estimate of drug-likeness (QED) is 0.337. The highest BCUT2D eigenvalue weighted by atomic mass is 16.5. The summed E-state index contributed by atoms with van der Waals surface area (Å²) in [5.41, 5.74) is 2.42. The van der Waals surface area contributed by atoms with Crippen LogP contribution < -0.4 is 14.5 Å². The molecule has 7 heteroatoms. The third-order valence-corrected chi connectivity index (χ3v) is 4.81. The van der Waals surface area contributed by atoms with Crippen molar-refractivity contribution in [3.63, 3.8) is 0 Å². The highest BCUT2D eigenvalue weighted by Gasteiger charge is 2.28. The summed E-state index contributed by atoms with van der Waals surface area (Å²) >= 11 is 0. The first-order valence-electron chi connectivity index (χ1n) is 9.37. The van der Waals surface area contributed by atoms with Crippen molar-refractivity contribution in [1.29, 1.82) is 0 Å². The van der Waals surface area contributed by atoms with Gasteiger partial charge in [0.25, 0.3) is 5.71 Å². The monoisotopic (exact) mass is 370 g/mol. The average Bonchev–Trinajstić information content (AvgIpc) is 3.31. The van der Waals surface area contributed by atoms with Crippen molar-refractivity contribution in [3.8, 4) is 0 Å². The maximum atomic E-state index is 12.5. The summed E-state index contributed by atoms with van der Waals surface area (Å²) < 4.78 is 8.95. The average molecular weight is 370 g/mol. The number of hydrogen-bond donors (Lipinski definition) is 0. The lowest BCUT2D eigenvalue weighted by atomic mass is 10.2. The lowest BCUT2D eigenvalue weighted by Crippen LogP contribution is -2.39. The van der Waals surface area contributed by atoms with E-state index in [-0.39, 0.29) is 5.71 Å². The largest absolute Gasteiger partial charge is 0.461 e. The van der Waals surface area contributed by atoms with Crippen molar-refractivity contribution in [3.05, 3.63) is 42.5 Å². The van der Waals surface area contributed by atoms with E-state index in [0.29, 0.717) is 12.4 Å². The normalized spacial score (nSPS) is 14.5. The molecule has 0 radical (unpaired) electrons. The van der Waals surface area contributed by atoms with Gasteiger partial charge in [-0.1, -0.05) is 0 Å². The van der Waals surface area contributed by atoms with Crippen LogP contribution in [0.4, 0.5) is 11.4 Å². The molecule has 2 heterocycles. The van der Waals surface area contributed by atoms with Crippen molar-refractivity contribution in [1.82, 2.24) is 4.57 Å². The smallest absolute Gasteiger partial charge is 0.367 e. The Kier molecular flexibility index (Phi) is 5.78. The minimum Gasteiger partial charge on any atom is -0.461 e. The summed E-state index contributed by atoms with van der Waals surface area (Å²) in [4.78, 5) is 14.9. The number of nitrogens with zero attached hydrogens (tertiary/aromatic N) is 5. The predicted octanol–water partition coefficient (Wildman–Crippen LogP) is 1.85. The Labute approximate surface area is 160 Å². The van der Waals surface area contributed by atoms with E-state index < -0.39 is 5.97 Å². The molecule has 0 amide bonds. The van der Waals surface area contributed by atoms with Gasteiger partial charge in [-0.25, -0.2) is 13.9 Å². The maximum Gasteiger partial charge on any atom is 0.367 e. The van der Waals surface area contributed by atoms with Crippen molar-refractivity contribution in [2.45, 2.75) is 19.8 Å². The van der Waals surface area contributed by atoms with Gasteiger partial charge in [0.1, 0.15) is 12.4 Å². The molecule has 7 nitrogen and oxygen atoms in total. The molecule has 1 aromatic heterocycles. The zero-order valence-electron chi connectivity index (χ0n) is 16.6. The van der Waals surface area contributed by atoms with Crippen LogP contribution in [0.1, 0.15) is 25.6 Å². The topological polar surface area (TPSA) is 54.0 Å². The van der Waals surface area contributed by atoms with Gasteiger partial charge in [0.05, 0.1) is 26.4 Å². The minimum absolute atomic E-state index is 0.276. The van der Waals surface area contributed by atoms with Crippen LogP contribution in [0.15, 0.2) is 41.8 Å². The Morgan fingerprint density at radius 1 is 1.26 bits per heavy atom. The number of ether oxygens (including phenoxy) is 1. The SMILES string of the molecule is CCOC(=O)/C(=N\N(C)c1ccc(N2CCCC2)cc1)c1n(C)cc[n+]1C. The van der Waals surface area contributed by atoms with Gasteiger partial charge in [-0.05, 0) is 44.0 Å². The summed E-state index contributed by atoms with van der Waals surface area (Å²) in [5.74, 6) is 0.254. The Morgan fingerprint density at radius 3 is 2.48 bits per heavy atom. The van der Waals surface area contributed by atoms with Crippen molar-refractivity contribution >= 4 is 23.1 Å². The molecule has 2 aromatic rings. The van der Waals surface area contributed by atoms with Crippen LogP contribution in [0.2, 0.25) is 0 Å².